The average molecular weight is 286 g/mol. The number of halogens is 2. The minimum Gasteiger partial charge on any atom is -0.480 e. The Morgan fingerprint density at radius 2 is 1.95 bits per heavy atom. The van der Waals surface area contributed by atoms with Gasteiger partial charge in [-0.25, -0.2) is 8.78 Å². The van der Waals surface area contributed by atoms with E-state index in [0.29, 0.717) is 0 Å². The maximum atomic E-state index is 13.6. The molecule has 110 valence electrons. The third kappa shape index (κ3) is 3.12. The van der Waals surface area contributed by atoms with Gasteiger partial charge in [0.2, 0.25) is 0 Å². The molecule has 6 heteroatoms. The molecule has 1 atom stereocenters. The van der Waals surface area contributed by atoms with Crippen molar-refractivity contribution in [3.63, 3.8) is 0 Å². The van der Waals surface area contributed by atoms with Crippen molar-refractivity contribution >= 4 is 11.9 Å². The first-order valence-corrected chi connectivity index (χ1v) is 6.22. The number of benzene rings is 1. The molecule has 0 saturated heterocycles. The largest absolute Gasteiger partial charge is 0.480 e. The number of rotatable bonds is 6. The topological polar surface area (TPSA) is 63.6 Å². The van der Waals surface area contributed by atoms with E-state index in [1.165, 1.54) is 6.92 Å². The first-order chi connectivity index (χ1) is 9.37. The van der Waals surface area contributed by atoms with Crippen LogP contribution in [0.4, 0.5) is 8.78 Å². The van der Waals surface area contributed by atoms with Gasteiger partial charge in [0.15, 0.2) is 5.41 Å². The van der Waals surface area contributed by atoms with Crippen molar-refractivity contribution in [2.75, 3.05) is 6.61 Å². The minimum absolute atomic E-state index is 0.0134. The summed E-state index contributed by atoms with van der Waals surface area (Å²) < 4.78 is 31.5. The van der Waals surface area contributed by atoms with Crippen molar-refractivity contribution in [2.24, 2.45) is 5.41 Å². The van der Waals surface area contributed by atoms with Crippen LogP contribution in [-0.2, 0) is 20.7 Å². The van der Waals surface area contributed by atoms with Gasteiger partial charge in [0.25, 0.3) is 0 Å². The molecule has 0 spiro atoms. The Morgan fingerprint density at radius 1 is 1.30 bits per heavy atom. The Balaban J connectivity index is 3.22. The highest BCUT2D eigenvalue weighted by atomic mass is 19.1. The molecule has 4 nitrogen and oxygen atoms in total. The number of carbonyl (C=O) groups is 2. The molecule has 0 aromatic heterocycles. The molecule has 0 aliphatic carbocycles. The molecule has 0 amide bonds. The lowest BCUT2D eigenvalue weighted by molar-refractivity contribution is -0.168. The molecule has 20 heavy (non-hydrogen) atoms. The number of hydrogen-bond donors (Lipinski definition) is 1. The fraction of sp³-hybridized carbons (Fsp3) is 0.429. The van der Waals surface area contributed by atoms with Crippen LogP contribution in [0.2, 0.25) is 0 Å². The number of aliphatic carboxylic acids is 1. The SMILES string of the molecule is CCOC(=O)C(CC)(Cc1cc(F)ccc1F)C(=O)O. The normalized spacial score (nSPS) is 13.6. The van der Waals surface area contributed by atoms with E-state index < -0.39 is 35.4 Å². The molecule has 0 radical (unpaired) electrons. The van der Waals surface area contributed by atoms with Crippen LogP contribution in [0.5, 0.6) is 0 Å². The van der Waals surface area contributed by atoms with Gasteiger partial charge in [-0.2, -0.15) is 0 Å². The molecule has 1 aromatic rings. The van der Waals surface area contributed by atoms with E-state index in [1.54, 1.807) is 6.92 Å². The number of esters is 1. The summed E-state index contributed by atoms with van der Waals surface area (Å²) in [5.74, 6) is -3.81. The summed E-state index contributed by atoms with van der Waals surface area (Å²) in [5, 5.41) is 9.33. The third-order valence-electron chi connectivity index (χ3n) is 3.18. The Kier molecular flexibility index (Phi) is 5.19. The second kappa shape index (κ2) is 6.45. The molecule has 1 aromatic carbocycles. The van der Waals surface area contributed by atoms with Crippen LogP contribution in [0, 0.1) is 17.0 Å². The summed E-state index contributed by atoms with van der Waals surface area (Å²) in [6.07, 6.45) is -0.543. The van der Waals surface area contributed by atoms with Crippen LogP contribution in [0.3, 0.4) is 0 Å². The maximum absolute atomic E-state index is 13.6. The van der Waals surface area contributed by atoms with Crippen LogP contribution in [0.25, 0.3) is 0 Å². The van der Waals surface area contributed by atoms with Crippen LogP contribution in [0.1, 0.15) is 25.8 Å². The summed E-state index contributed by atoms with van der Waals surface area (Å²) in [5.41, 5.74) is -2.08. The van der Waals surface area contributed by atoms with Gasteiger partial charge in [-0.1, -0.05) is 6.92 Å². The van der Waals surface area contributed by atoms with Crippen molar-refractivity contribution < 1.29 is 28.2 Å². The third-order valence-corrected chi connectivity index (χ3v) is 3.18. The van der Waals surface area contributed by atoms with Crippen LogP contribution >= 0.6 is 0 Å². The zero-order valence-electron chi connectivity index (χ0n) is 11.3. The maximum Gasteiger partial charge on any atom is 0.323 e. The zero-order valence-corrected chi connectivity index (χ0v) is 11.3. The van der Waals surface area contributed by atoms with Crippen LogP contribution in [-0.4, -0.2) is 23.7 Å². The van der Waals surface area contributed by atoms with Crippen molar-refractivity contribution in [1.29, 1.82) is 0 Å². The lowest BCUT2D eigenvalue weighted by Gasteiger charge is -2.26. The van der Waals surface area contributed by atoms with Gasteiger partial charge in [-0.05, 0) is 37.1 Å². The number of carbonyl (C=O) groups excluding carboxylic acids is 1. The van der Waals surface area contributed by atoms with E-state index in [1.807, 2.05) is 0 Å². The second-order valence-electron chi connectivity index (χ2n) is 4.37. The first kappa shape index (κ1) is 16.1. The van der Waals surface area contributed by atoms with E-state index in [2.05, 4.69) is 0 Å². The number of hydrogen-bond acceptors (Lipinski definition) is 3. The van der Waals surface area contributed by atoms with Gasteiger partial charge in [-0.15, -0.1) is 0 Å². The minimum atomic E-state index is -1.91. The molecular weight excluding hydrogens is 270 g/mol. The average Bonchev–Trinajstić information content (AvgIpc) is 2.39. The standard InChI is InChI=1S/C14H16F2O4/c1-3-14(12(17)18,13(19)20-4-2)8-9-7-10(15)5-6-11(9)16/h5-7H,3-4,8H2,1-2H3,(H,17,18). The van der Waals surface area contributed by atoms with Crippen LogP contribution < -0.4 is 0 Å². The quantitative estimate of drug-likeness (QED) is 0.645. The van der Waals surface area contributed by atoms with Crippen molar-refractivity contribution in [3.05, 3.63) is 35.4 Å². The zero-order chi connectivity index (χ0) is 15.3. The molecule has 0 bridgehead atoms. The van der Waals surface area contributed by atoms with E-state index >= 15 is 0 Å². The van der Waals surface area contributed by atoms with Crippen molar-refractivity contribution in [1.82, 2.24) is 0 Å². The lowest BCUT2D eigenvalue weighted by atomic mass is 9.79. The Labute approximate surface area is 115 Å². The van der Waals surface area contributed by atoms with E-state index in [-0.39, 0.29) is 18.6 Å². The number of ether oxygens (including phenoxy) is 1. The predicted octanol–water partition coefficient (Wildman–Crippen LogP) is 2.55. The molecule has 0 fully saturated rings. The molecule has 0 aliphatic rings. The molecular formula is C14H16F2O4. The highest BCUT2D eigenvalue weighted by Crippen LogP contribution is 2.31. The molecule has 0 aliphatic heterocycles. The fourth-order valence-electron chi connectivity index (χ4n) is 1.93. The molecule has 1 N–H and O–H groups in total. The molecule has 1 unspecified atom stereocenters. The summed E-state index contributed by atoms with van der Waals surface area (Å²) in [7, 11) is 0. The van der Waals surface area contributed by atoms with Gasteiger partial charge < -0.3 is 9.84 Å². The smallest absolute Gasteiger partial charge is 0.323 e. The van der Waals surface area contributed by atoms with E-state index in [0.717, 1.165) is 18.2 Å². The second-order valence-corrected chi connectivity index (χ2v) is 4.37. The summed E-state index contributed by atoms with van der Waals surface area (Å²) in [4.78, 5) is 23.4. The Bertz CT molecular complexity index is 516. The van der Waals surface area contributed by atoms with Crippen molar-refractivity contribution in [3.8, 4) is 0 Å². The van der Waals surface area contributed by atoms with Gasteiger partial charge >= 0.3 is 11.9 Å². The predicted molar refractivity (Wildman–Crippen MR) is 67.1 cm³/mol. The van der Waals surface area contributed by atoms with Gasteiger partial charge in [0, 0.05) is 6.42 Å². The Hall–Kier alpha value is -1.98. The molecule has 0 saturated carbocycles. The summed E-state index contributed by atoms with van der Waals surface area (Å²) in [6, 6.07) is 2.72. The van der Waals surface area contributed by atoms with Crippen LogP contribution in [0.15, 0.2) is 18.2 Å². The van der Waals surface area contributed by atoms with Gasteiger partial charge in [-0.3, -0.25) is 9.59 Å². The summed E-state index contributed by atoms with van der Waals surface area (Å²) in [6.45, 7) is 3.05. The Morgan fingerprint density at radius 3 is 2.45 bits per heavy atom. The monoisotopic (exact) mass is 286 g/mol. The van der Waals surface area contributed by atoms with Crippen molar-refractivity contribution in [2.45, 2.75) is 26.7 Å². The molecule has 1 rings (SSSR count). The number of carboxylic acids is 1. The first-order valence-electron chi connectivity index (χ1n) is 6.22. The summed E-state index contributed by atoms with van der Waals surface area (Å²) >= 11 is 0. The van der Waals surface area contributed by atoms with Gasteiger partial charge in [0.05, 0.1) is 6.61 Å². The number of carboxylic acid groups (broad SMARTS) is 1. The van der Waals surface area contributed by atoms with E-state index in [4.69, 9.17) is 4.74 Å². The molecule has 0 heterocycles. The fourth-order valence-corrected chi connectivity index (χ4v) is 1.93. The highest BCUT2D eigenvalue weighted by molar-refractivity contribution is 5.99. The highest BCUT2D eigenvalue weighted by Gasteiger charge is 2.46. The lowest BCUT2D eigenvalue weighted by Crippen LogP contribution is -2.42. The van der Waals surface area contributed by atoms with Gasteiger partial charge in [0.1, 0.15) is 11.6 Å². The van der Waals surface area contributed by atoms with E-state index in [9.17, 15) is 23.5 Å².